The van der Waals surface area contributed by atoms with Crippen molar-refractivity contribution in [1.82, 2.24) is 10.6 Å². The first-order valence-corrected chi connectivity index (χ1v) is 7.42. The van der Waals surface area contributed by atoms with Crippen molar-refractivity contribution >= 4 is 17.5 Å². The number of nitrogens with one attached hydrogen (secondary N) is 3. The van der Waals surface area contributed by atoms with Gasteiger partial charge in [0.2, 0.25) is 11.8 Å². The van der Waals surface area contributed by atoms with E-state index in [-0.39, 0.29) is 17.7 Å². The van der Waals surface area contributed by atoms with E-state index in [1.54, 1.807) is 7.05 Å². The molecule has 2 atom stereocenters. The van der Waals surface area contributed by atoms with Gasteiger partial charge in [-0.05, 0) is 44.0 Å². The maximum atomic E-state index is 12.2. The van der Waals surface area contributed by atoms with Crippen LogP contribution < -0.4 is 16.0 Å². The van der Waals surface area contributed by atoms with Crippen molar-refractivity contribution in [3.63, 3.8) is 0 Å². The van der Waals surface area contributed by atoms with Gasteiger partial charge in [0.05, 0.1) is 6.42 Å². The Morgan fingerprint density at radius 2 is 2.00 bits per heavy atom. The molecule has 1 aromatic rings. The fourth-order valence-electron chi connectivity index (χ4n) is 2.59. The largest absolute Gasteiger partial charge is 0.359 e. The van der Waals surface area contributed by atoms with Crippen molar-refractivity contribution in [2.24, 2.45) is 5.92 Å². The molecule has 1 saturated heterocycles. The van der Waals surface area contributed by atoms with Crippen LogP contribution in [0.2, 0.25) is 0 Å². The highest BCUT2D eigenvalue weighted by Crippen LogP contribution is 2.19. The molecule has 0 aromatic heterocycles. The molecule has 2 unspecified atom stereocenters. The number of carbonyl (C=O) groups is 2. The molecule has 0 saturated carbocycles. The van der Waals surface area contributed by atoms with Crippen LogP contribution in [-0.4, -0.2) is 31.4 Å². The third-order valence-electron chi connectivity index (χ3n) is 3.86. The maximum absolute atomic E-state index is 12.2. The van der Waals surface area contributed by atoms with Crippen LogP contribution in [0.1, 0.15) is 25.3 Å². The van der Waals surface area contributed by atoms with Crippen LogP contribution in [0.25, 0.3) is 0 Å². The molecule has 1 aliphatic heterocycles. The van der Waals surface area contributed by atoms with Crippen molar-refractivity contribution in [1.29, 1.82) is 0 Å². The zero-order valence-electron chi connectivity index (χ0n) is 12.6. The fourth-order valence-corrected chi connectivity index (χ4v) is 2.59. The monoisotopic (exact) mass is 289 g/mol. The van der Waals surface area contributed by atoms with Crippen LogP contribution in [0.4, 0.5) is 5.69 Å². The summed E-state index contributed by atoms with van der Waals surface area (Å²) in [5.41, 5.74) is 1.72. The van der Waals surface area contributed by atoms with E-state index in [0.29, 0.717) is 12.5 Å². The van der Waals surface area contributed by atoms with E-state index < -0.39 is 0 Å². The van der Waals surface area contributed by atoms with Gasteiger partial charge < -0.3 is 16.0 Å². The maximum Gasteiger partial charge on any atom is 0.227 e. The lowest BCUT2D eigenvalue weighted by Gasteiger charge is -2.27. The number of benzene rings is 1. The van der Waals surface area contributed by atoms with Crippen molar-refractivity contribution < 1.29 is 9.59 Å². The van der Waals surface area contributed by atoms with Crippen molar-refractivity contribution in [2.75, 3.05) is 18.9 Å². The van der Waals surface area contributed by atoms with E-state index in [1.807, 2.05) is 24.3 Å². The van der Waals surface area contributed by atoms with Crippen LogP contribution in [0, 0.1) is 5.92 Å². The van der Waals surface area contributed by atoms with Gasteiger partial charge in [-0.1, -0.05) is 12.1 Å². The quantitative estimate of drug-likeness (QED) is 0.782. The van der Waals surface area contributed by atoms with Gasteiger partial charge in [-0.2, -0.15) is 0 Å². The summed E-state index contributed by atoms with van der Waals surface area (Å²) >= 11 is 0. The molecule has 1 aliphatic rings. The highest BCUT2D eigenvalue weighted by atomic mass is 16.2. The Kier molecular flexibility index (Phi) is 5.33. The standard InChI is InChI=1S/C16H23N3O2/c1-11-9-13(7-8-18-11)16(21)19-14-5-3-12(4-6-14)10-15(20)17-2/h3-6,11,13,18H,7-10H2,1-2H3,(H,17,20)(H,19,21). The average Bonchev–Trinajstić information content (AvgIpc) is 2.49. The predicted octanol–water partition coefficient (Wildman–Crippen LogP) is 1.30. The molecular formula is C16H23N3O2. The second-order valence-electron chi connectivity index (χ2n) is 5.61. The molecular weight excluding hydrogens is 266 g/mol. The number of carbonyl (C=O) groups excluding carboxylic acids is 2. The molecule has 0 bridgehead atoms. The molecule has 1 heterocycles. The number of amides is 2. The van der Waals surface area contributed by atoms with Gasteiger partial charge in [-0.15, -0.1) is 0 Å². The fraction of sp³-hybridized carbons (Fsp3) is 0.500. The highest BCUT2D eigenvalue weighted by Gasteiger charge is 2.24. The summed E-state index contributed by atoms with van der Waals surface area (Å²) in [6.07, 6.45) is 2.11. The number of piperidine rings is 1. The molecule has 0 aliphatic carbocycles. The lowest BCUT2D eigenvalue weighted by Crippen LogP contribution is -2.40. The Bertz CT molecular complexity index is 499. The number of hydrogen-bond donors (Lipinski definition) is 3. The Hall–Kier alpha value is -1.88. The molecule has 2 amide bonds. The second-order valence-corrected chi connectivity index (χ2v) is 5.61. The SMILES string of the molecule is CNC(=O)Cc1ccc(NC(=O)C2CCNC(C)C2)cc1. The zero-order valence-corrected chi connectivity index (χ0v) is 12.6. The Morgan fingerprint density at radius 3 is 2.62 bits per heavy atom. The molecule has 1 aromatic carbocycles. The van der Waals surface area contributed by atoms with E-state index >= 15 is 0 Å². The first-order valence-electron chi connectivity index (χ1n) is 7.42. The molecule has 5 nitrogen and oxygen atoms in total. The minimum atomic E-state index is -0.0181. The van der Waals surface area contributed by atoms with Gasteiger partial charge in [-0.25, -0.2) is 0 Å². The lowest BCUT2D eigenvalue weighted by molar-refractivity contribution is -0.121. The third kappa shape index (κ3) is 4.56. The predicted molar refractivity (Wildman–Crippen MR) is 83.0 cm³/mol. The number of hydrogen-bond acceptors (Lipinski definition) is 3. The summed E-state index contributed by atoms with van der Waals surface area (Å²) in [6.45, 7) is 3.00. The number of anilines is 1. The van der Waals surface area contributed by atoms with Crippen LogP contribution in [0.15, 0.2) is 24.3 Å². The summed E-state index contributed by atoms with van der Waals surface area (Å²) in [5, 5.41) is 8.90. The molecule has 0 spiro atoms. The highest BCUT2D eigenvalue weighted by molar-refractivity contribution is 5.92. The Morgan fingerprint density at radius 1 is 1.29 bits per heavy atom. The van der Waals surface area contributed by atoms with Gasteiger partial charge in [0, 0.05) is 24.7 Å². The second kappa shape index (κ2) is 7.22. The lowest BCUT2D eigenvalue weighted by atomic mass is 9.92. The van der Waals surface area contributed by atoms with E-state index in [4.69, 9.17) is 0 Å². The molecule has 114 valence electrons. The minimum absolute atomic E-state index is 0.0181. The number of rotatable bonds is 4. The Labute approximate surface area is 125 Å². The first kappa shape index (κ1) is 15.5. The van der Waals surface area contributed by atoms with E-state index in [2.05, 4.69) is 22.9 Å². The third-order valence-corrected chi connectivity index (χ3v) is 3.86. The molecule has 3 N–H and O–H groups in total. The van der Waals surface area contributed by atoms with E-state index in [1.165, 1.54) is 0 Å². The molecule has 21 heavy (non-hydrogen) atoms. The first-order chi connectivity index (χ1) is 10.1. The summed E-state index contributed by atoms with van der Waals surface area (Å²) in [7, 11) is 1.62. The van der Waals surface area contributed by atoms with Crippen LogP contribution >= 0.6 is 0 Å². The van der Waals surface area contributed by atoms with E-state index in [0.717, 1.165) is 30.6 Å². The minimum Gasteiger partial charge on any atom is -0.359 e. The smallest absolute Gasteiger partial charge is 0.227 e. The summed E-state index contributed by atoms with van der Waals surface area (Å²) < 4.78 is 0. The summed E-state index contributed by atoms with van der Waals surface area (Å²) in [4.78, 5) is 23.5. The average molecular weight is 289 g/mol. The van der Waals surface area contributed by atoms with Crippen LogP contribution in [-0.2, 0) is 16.0 Å². The summed E-state index contributed by atoms with van der Waals surface area (Å²) in [5.74, 6) is 0.143. The van der Waals surface area contributed by atoms with Crippen molar-refractivity contribution in [3.8, 4) is 0 Å². The molecule has 1 fully saturated rings. The summed E-state index contributed by atoms with van der Waals surface area (Å²) in [6, 6.07) is 7.83. The van der Waals surface area contributed by atoms with Crippen molar-refractivity contribution in [3.05, 3.63) is 29.8 Å². The van der Waals surface area contributed by atoms with E-state index in [9.17, 15) is 9.59 Å². The van der Waals surface area contributed by atoms with Crippen molar-refractivity contribution in [2.45, 2.75) is 32.2 Å². The van der Waals surface area contributed by atoms with Crippen LogP contribution in [0.3, 0.4) is 0 Å². The van der Waals surface area contributed by atoms with Gasteiger partial charge in [0.15, 0.2) is 0 Å². The zero-order chi connectivity index (χ0) is 15.2. The van der Waals surface area contributed by atoms with Gasteiger partial charge in [0.1, 0.15) is 0 Å². The number of likely N-dealkylation sites (N-methyl/N-ethyl adjacent to an activating group) is 1. The topological polar surface area (TPSA) is 70.2 Å². The van der Waals surface area contributed by atoms with Gasteiger partial charge in [-0.3, -0.25) is 9.59 Å². The Balaban J connectivity index is 1.90. The van der Waals surface area contributed by atoms with Crippen LogP contribution in [0.5, 0.6) is 0 Å². The molecule has 0 radical (unpaired) electrons. The van der Waals surface area contributed by atoms with Gasteiger partial charge in [0.25, 0.3) is 0 Å². The molecule has 5 heteroatoms. The normalized spacial score (nSPS) is 21.6. The molecule has 2 rings (SSSR count). The van der Waals surface area contributed by atoms with Gasteiger partial charge >= 0.3 is 0 Å².